The van der Waals surface area contributed by atoms with Crippen molar-refractivity contribution < 1.29 is 4.79 Å². The molecule has 8 heteroatoms. The highest BCUT2D eigenvalue weighted by Crippen LogP contribution is 2.52. The van der Waals surface area contributed by atoms with Gasteiger partial charge in [0.2, 0.25) is 5.78 Å². The van der Waals surface area contributed by atoms with E-state index in [4.69, 9.17) is 46.4 Å². The fourth-order valence-corrected chi connectivity index (χ4v) is 3.12. The summed E-state index contributed by atoms with van der Waals surface area (Å²) in [6, 6.07) is 9.81. The zero-order valence-corrected chi connectivity index (χ0v) is 16.9. The van der Waals surface area contributed by atoms with Gasteiger partial charge in [0.05, 0.1) is 0 Å². The minimum atomic E-state index is -2.01. The zero-order valence-electron chi connectivity index (χ0n) is 12.1. The van der Waals surface area contributed by atoms with Crippen LogP contribution in [-0.4, -0.2) is 14.4 Å². The van der Waals surface area contributed by atoms with Gasteiger partial charge >= 0.3 is 0 Å². The molecule has 0 N–H and O–H groups in total. The number of Topliss-reactive ketones (excluding diaryl/α,β-unsaturated/α-hetero) is 1. The van der Waals surface area contributed by atoms with E-state index < -0.39 is 20.0 Å². The Hall–Kier alpha value is -0.540. The third-order valence-electron chi connectivity index (χ3n) is 2.98. The first-order chi connectivity index (χ1) is 11.0. The Labute approximate surface area is 171 Å². The fourth-order valence-electron chi connectivity index (χ4n) is 1.75. The SMILES string of the molecule is C=C(S)C(Cl)(Cl)C(=C(C#N)C(=O)c1ccccc1)C(Cl)(Cl)C(=C)S. The van der Waals surface area contributed by atoms with E-state index in [1.165, 1.54) is 12.1 Å². The van der Waals surface area contributed by atoms with Gasteiger partial charge in [0.15, 0.2) is 8.67 Å². The van der Waals surface area contributed by atoms with E-state index in [9.17, 15) is 10.1 Å². The first-order valence-electron chi connectivity index (χ1n) is 6.25. The minimum Gasteiger partial charge on any atom is -0.288 e. The van der Waals surface area contributed by atoms with Crippen LogP contribution in [0.5, 0.6) is 0 Å². The molecule has 0 heterocycles. The Morgan fingerprint density at radius 3 is 1.75 bits per heavy atom. The maximum atomic E-state index is 12.7. The summed E-state index contributed by atoms with van der Waals surface area (Å²) in [6.07, 6.45) is 0. The molecule has 0 fully saturated rings. The molecule has 0 unspecified atom stereocenters. The molecular formula is C16H11Cl4NOS2. The third kappa shape index (κ3) is 4.35. The van der Waals surface area contributed by atoms with Gasteiger partial charge in [-0.1, -0.05) is 89.9 Å². The highest BCUT2D eigenvalue weighted by atomic mass is 35.5. The number of benzene rings is 1. The molecule has 0 saturated carbocycles. The van der Waals surface area contributed by atoms with E-state index in [-0.39, 0.29) is 20.9 Å². The number of halogens is 4. The van der Waals surface area contributed by atoms with Crippen molar-refractivity contribution in [2.24, 2.45) is 0 Å². The molecule has 24 heavy (non-hydrogen) atoms. The van der Waals surface area contributed by atoms with Gasteiger partial charge < -0.3 is 0 Å². The van der Waals surface area contributed by atoms with Crippen molar-refractivity contribution in [1.82, 2.24) is 0 Å². The summed E-state index contributed by atoms with van der Waals surface area (Å²) >= 11 is 33.1. The van der Waals surface area contributed by atoms with Crippen LogP contribution < -0.4 is 0 Å². The maximum Gasteiger partial charge on any atom is 0.203 e. The summed E-state index contributed by atoms with van der Waals surface area (Å²) in [6.45, 7) is 7.09. The van der Waals surface area contributed by atoms with Gasteiger partial charge in [-0.05, 0) is 0 Å². The number of carbonyl (C=O) groups excluding carboxylic acids is 1. The summed E-state index contributed by atoms with van der Waals surface area (Å²) in [5.41, 5.74) is -0.533. The van der Waals surface area contributed by atoms with Crippen LogP contribution in [0, 0.1) is 11.3 Å². The molecule has 1 aromatic rings. The second-order valence-corrected chi connectivity index (χ2v) is 8.33. The van der Waals surface area contributed by atoms with E-state index in [2.05, 4.69) is 38.4 Å². The van der Waals surface area contributed by atoms with Crippen LogP contribution in [0.25, 0.3) is 0 Å². The zero-order chi connectivity index (χ0) is 18.7. The molecule has 0 atom stereocenters. The van der Waals surface area contributed by atoms with Crippen molar-refractivity contribution in [3.63, 3.8) is 0 Å². The Bertz CT molecular complexity index is 736. The number of thiol groups is 2. The smallest absolute Gasteiger partial charge is 0.203 e. The number of ketones is 1. The van der Waals surface area contributed by atoms with Crippen LogP contribution >= 0.6 is 71.7 Å². The van der Waals surface area contributed by atoms with Crippen LogP contribution in [0.15, 0.2) is 64.4 Å². The summed E-state index contributed by atoms with van der Waals surface area (Å²) in [5.74, 6) is -0.659. The van der Waals surface area contributed by atoms with Gasteiger partial charge in [0.1, 0.15) is 11.6 Å². The summed E-state index contributed by atoms with van der Waals surface area (Å²) < 4.78 is -4.01. The Kier molecular flexibility index (Phi) is 7.37. The standard InChI is InChI=1S/C16H11Cl4NOS2/c1-9(23)15(17,18)14(16(19,20)10(2)24)12(8-21)13(22)11-6-4-3-5-7-11/h3-7,23-24H,1-2H2. The number of hydrogen-bond donors (Lipinski definition) is 2. The normalized spacial score (nSPS) is 11.4. The van der Waals surface area contributed by atoms with Crippen molar-refractivity contribution in [3.05, 3.63) is 70.0 Å². The molecule has 0 aliphatic heterocycles. The van der Waals surface area contributed by atoms with Crippen LogP contribution in [-0.2, 0) is 0 Å². The Morgan fingerprint density at radius 2 is 1.42 bits per heavy atom. The van der Waals surface area contributed by atoms with Gasteiger partial charge in [-0.15, -0.1) is 25.3 Å². The second-order valence-electron chi connectivity index (χ2n) is 4.60. The van der Waals surface area contributed by atoms with E-state index in [1.54, 1.807) is 24.3 Å². The lowest BCUT2D eigenvalue weighted by molar-refractivity contribution is 0.103. The van der Waals surface area contributed by atoms with E-state index >= 15 is 0 Å². The first-order valence-corrected chi connectivity index (χ1v) is 8.65. The van der Waals surface area contributed by atoms with Gasteiger partial charge in [-0.3, -0.25) is 4.79 Å². The molecule has 0 aromatic heterocycles. The molecule has 0 amide bonds. The average Bonchev–Trinajstić information content (AvgIpc) is 2.51. The number of hydrogen-bond acceptors (Lipinski definition) is 4. The van der Waals surface area contributed by atoms with Gasteiger partial charge in [-0.2, -0.15) is 5.26 Å². The largest absolute Gasteiger partial charge is 0.288 e. The summed E-state index contributed by atoms with van der Waals surface area (Å²) in [4.78, 5) is 12.6. The summed E-state index contributed by atoms with van der Waals surface area (Å²) in [5, 5.41) is 9.55. The van der Waals surface area contributed by atoms with Gasteiger partial charge in [0.25, 0.3) is 0 Å². The van der Waals surface area contributed by atoms with Crippen molar-refractivity contribution >= 4 is 77.4 Å². The number of allylic oxidation sites excluding steroid dienone is 4. The van der Waals surface area contributed by atoms with Crippen molar-refractivity contribution in [1.29, 1.82) is 5.26 Å². The molecule has 0 radical (unpaired) electrons. The number of alkyl halides is 4. The number of rotatable bonds is 6. The molecule has 1 rings (SSSR count). The van der Waals surface area contributed by atoms with Crippen molar-refractivity contribution in [2.75, 3.05) is 0 Å². The Morgan fingerprint density at radius 1 is 1.00 bits per heavy atom. The monoisotopic (exact) mass is 437 g/mol. The molecular weight excluding hydrogens is 428 g/mol. The topological polar surface area (TPSA) is 40.9 Å². The number of carbonyl (C=O) groups is 1. The number of nitrogens with zero attached hydrogens (tertiary/aromatic N) is 1. The van der Waals surface area contributed by atoms with E-state index in [0.717, 1.165) is 0 Å². The molecule has 126 valence electrons. The lowest BCUT2D eigenvalue weighted by atomic mass is 9.94. The van der Waals surface area contributed by atoms with Crippen LogP contribution in [0.1, 0.15) is 10.4 Å². The first kappa shape index (κ1) is 21.5. The minimum absolute atomic E-state index is 0.0743. The fraction of sp³-hybridized carbons (Fsp3) is 0.125. The molecule has 0 spiro atoms. The summed E-state index contributed by atoms with van der Waals surface area (Å²) in [7, 11) is 0. The third-order valence-corrected chi connectivity index (χ3v) is 5.84. The predicted molar refractivity (Wildman–Crippen MR) is 109 cm³/mol. The molecule has 0 saturated heterocycles. The van der Waals surface area contributed by atoms with Gasteiger partial charge in [0, 0.05) is 20.9 Å². The lowest BCUT2D eigenvalue weighted by Gasteiger charge is -2.32. The van der Waals surface area contributed by atoms with Gasteiger partial charge in [-0.25, -0.2) is 0 Å². The predicted octanol–water partition coefficient (Wildman–Crippen LogP) is 5.92. The highest BCUT2D eigenvalue weighted by Gasteiger charge is 2.48. The molecule has 0 bridgehead atoms. The molecule has 1 aromatic carbocycles. The maximum absolute atomic E-state index is 12.7. The van der Waals surface area contributed by atoms with Crippen LogP contribution in [0.3, 0.4) is 0 Å². The number of nitriles is 1. The van der Waals surface area contributed by atoms with Crippen LogP contribution in [0.2, 0.25) is 0 Å². The second kappa shape index (κ2) is 8.23. The van der Waals surface area contributed by atoms with Crippen LogP contribution in [0.4, 0.5) is 0 Å². The molecule has 0 aliphatic rings. The average molecular weight is 439 g/mol. The molecule has 2 nitrogen and oxygen atoms in total. The lowest BCUT2D eigenvalue weighted by Crippen LogP contribution is -2.33. The van der Waals surface area contributed by atoms with E-state index in [1.807, 2.05) is 0 Å². The van der Waals surface area contributed by atoms with Crippen molar-refractivity contribution in [2.45, 2.75) is 8.67 Å². The Balaban J connectivity index is 3.81. The van der Waals surface area contributed by atoms with E-state index in [0.29, 0.717) is 0 Å². The highest BCUT2D eigenvalue weighted by molar-refractivity contribution is 7.85. The quantitative estimate of drug-likeness (QED) is 0.190. The van der Waals surface area contributed by atoms with Crippen molar-refractivity contribution in [3.8, 4) is 6.07 Å². The molecule has 0 aliphatic carbocycles.